The molecule has 0 aliphatic rings. The Kier molecular flexibility index (Phi) is 4.48. The fourth-order valence-electron chi connectivity index (χ4n) is 3.33. The zero-order valence-electron chi connectivity index (χ0n) is 17.6. The minimum Gasteiger partial charge on any atom is -0.329 e. The third-order valence-corrected chi connectivity index (χ3v) is 5.50. The minimum atomic E-state index is -0.423. The second-order valence-electron chi connectivity index (χ2n) is 9.45. The predicted octanol–water partition coefficient (Wildman–Crippen LogP) is -0.157. The Morgan fingerprint density at radius 2 is 1.14 bits per heavy atom. The Balaban J connectivity index is 2.28. The molecule has 0 N–H and O–H groups in total. The van der Waals surface area contributed by atoms with E-state index in [0.29, 0.717) is 15.5 Å². The van der Waals surface area contributed by atoms with Gasteiger partial charge in [-0.05, 0) is 12.1 Å². The summed E-state index contributed by atoms with van der Waals surface area (Å²) in [5.74, 6) is 0. The number of aromatic nitrogens is 2. The zero-order valence-corrected chi connectivity index (χ0v) is 17.6. The molecule has 8 nitrogen and oxygen atoms in total. The van der Waals surface area contributed by atoms with Crippen molar-refractivity contribution >= 4 is 21.5 Å². The van der Waals surface area contributed by atoms with Crippen LogP contribution in [0, 0.1) is 0 Å². The second kappa shape index (κ2) is 6.22. The molecule has 0 aliphatic carbocycles. The molecular formula is C20H28N4O4+2. The quantitative estimate of drug-likeness (QED) is 0.569. The highest BCUT2D eigenvalue weighted by atomic mass is 16.2. The van der Waals surface area contributed by atoms with Crippen LogP contribution in [0.15, 0.2) is 31.3 Å². The van der Waals surface area contributed by atoms with Crippen molar-refractivity contribution in [2.75, 3.05) is 48.8 Å². The fourth-order valence-corrected chi connectivity index (χ4v) is 3.33. The van der Waals surface area contributed by atoms with Crippen molar-refractivity contribution < 1.29 is 8.97 Å². The molecule has 1 aromatic carbocycles. The minimum absolute atomic E-state index is 0.193. The van der Waals surface area contributed by atoms with Gasteiger partial charge in [-0.25, -0.2) is 4.57 Å². The molecule has 0 radical (unpaired) electrons. The number of nitrogens with zero attached hydrogens (tertiary/aromatic N) is 4. The molecular weight excluding hydrogens is 360 g/mol. The fraction of sp³-hybridized carbons (Fsp3) is 0.500. The molecule has 0 saturated carbocycles. The molecule has 150 valence electrons. The van der Waals surface area contributed by atoms with Crippen molar-refractivity contribution in [1.82, 2.24) is 9.13 Å². The summed E-state index contributed by atoms with van der Waals surface area (Å²) in [6.45, 7) is 2.70. The molecule has 28 heavy (non-hydrogen) atoms. The maximum absolute atomic E-state index is 12.9. The van der Waals surface area contributed by atoms with Crippen molar-refractivity contribution in [3.8, 4) is 0 Å². The third kappa shape index (κ3) is 3.12. The van der Waals surface area contributed by atoms with Gasteiger partial charge in [-0.1, -0.05) is 0 Å². The number of quaternary nitrogens is 2. The van der Waals surface area contributed by atoms with E-state index in [-0.39, 0.29) is 34.3 Å². The summed E-state index contributed by atoms with van der Waals surface area (Å²) >= 11 is 0. The molecule has 0 spiro atoms. The van der Waals surface area contributed by atoms with Gasteiger partial charge in [0.25, 0.3) is 22.2 Å². The van der Waals surface area contributed by atoms with Crippen LogP contribution in [0.4, 0.5) is 0 Å². The highest BCUT2D eigenvalue weighted by molar-refractivity contribution is 5.97. The van der Waals surface area contributed by atoms with E-state index in [1.165, 1.54) is 21.3 Å². The summed E-state index contributed by atoms with van der Waals surface area (Å²) in [6.07, 6.45) is -0.380. The van der Waals surface area contributed by atoms with Gasteiger partial charge in [0, 0.05) is 6.92 Å². The van der Waals surface area contributed by atoms with Crippen molar-refractivity contribution in [2.24, 2.45) is 0 Å². The molecule has 8 heteroatoms. The summed E-state index contributed by atoms with van der Waals surface area (Å²) in [7, 11) is 11.6. The van der Waals surface area contributed by atoms with Crippen LogP contribution in [0.3, 0.4) is 0 Å². The van der Waals surface area contributed by atoms with Crippen LogP contribution in [0.25, 0.3) is 21.5 Å². The van der Waals surface area contributed by atoms with Crippen LogP contribution in [0.1, 0.15) is 13.1 Å². The van der Waals surface area contributed by atoms with Crippen molar-refractivity contribution in [3.63, 3.8) is 0 Å². The first-order valence-corrected chi connectivity index (χ1v) is 9.28. The molecule has 0 aliphatic heterocycles. The molecule has 0 bridgehead atoms. The Morgan fingerprint density at radius 1 is 0.750 bits per heavy atom. The number of hydrogen-bond acceptors (Lipinski definition) is 4. The second-order valence-corrected chi connectivity index (χ2v) is 9.45. The van der Waals surface area contributed by atoms with E-state index in [1.807, 2.05) is 42.3 Å². The average molecular weight is 388 g/mol. The van der Waals surface area contributed by atoms with E-state index < -0.39 is 22.2 Å². The van der Waals surface area contributed by atoms with E-state index in [2.05, 4.69) is 0 Å². The van der Waals surface area contributed by atoms with Crippen LogP contribution >= 0.6 is 0 Å². The first-order valence-electron chi connectivity index (χ1n) is 9.28. The van der Waals surface area contributed by atoms with Gasteiger partial charge in [0.05, 0.1) is 76.9 Å². The van der Waals surface area contributed by atoms with Gasteiger partial charge >= 0.3 is 0 Å². The lowest BCUT2D eigenvalue weighted by atomic mass is 10.1. The average Bonchev–Trinajstić information content (AvgIpc) is 2.94. The van der Waals surface area contributed by atoms with Gasteiger partial charge in [0.15, 0.2) is 6.17 Å². The standard InChI is InChI=1S/C20H28N4O4/c1-12(24(5,6)7)22-19(27)15-10-13-14(11-16(15)20(22)28)18(26)21(17(13)25)8-9-23(2,3)4/h10-12H,8-9H2,1-7H3/q+2. The molecule has 2 heterocycles. The number of benzene rings is 1. The van der Waals surface area contributed by atoms with Gasteiger partial charge < -0.3 is 8.97 Å². The van der Waals surface area contributed by atoms with E-state index >= 15 is 0 Å². The Morgan fingerprint density at radius 3 is 1.50 bits per heavy atom. The molecule has 3 rings (SSSR count). The lowest BCUT2D eigenvalue weighted by Gasteiger charge is -2.31. The Labute approximate surface area is 162 Å². The Hall–Kier alpha value is -2.58. The largest absolute Gasteiger partial charge is 0.329 e. The molecule has 1 unspecified atom stereocenters. The first-order chi connectivity index (χ1) is 12.7. The maximum Gasteiger partial charge on any atom is 0.266 e. The highest BCUT2D eigenvalue weighted by Crippen LogP contribution is 2.18. The summed E-state index contributed by atoms with van der Waals surface area (Å²) in [5, 5.41) is 0.787. The molecule has 0 amide bonds. The summed E-state index contributed by atoms with van der Waals surface area (Å²) in [5.41, 5.74) is -1.66. The van der Waals surface area contributed by atoms with E-state index in [4.69, 9.17) is 0 Å². The van der Waals surface area contributed by atoms with Crippen LogP contribution in [0.5, 0.6) is 0 Å². The van der Waals surface area contributed by atoms with Crippen molar-refractivity contribution in [2.45, 2.75) is 19.6 Å². The normalized spacial score (nSPS) is 14.2. The monoisotopic (exact) mass is 388 g/mol. The predicted molar refractivity (Wildman–Crippen MR) is 111 cm³/mol. The number of rotatable bonds is 5. The van der Waals surface area contributed by atoms with Gasteiger partial charge in [-0.2, -0.15) is 0 Å². The van der Waals surface area contributed by atoms with Crippen molar-refractivity contribution in [1.29, 1.82) is 0 Å². The summed E-state index contributed by atoms with van der Waals surface area (Å²) in [6, 6.07) is 2.83. The lowest BCUT2D eigenvalue weighted by Crippen LogP contribution is -2.46. The molecule has 0 saturated heterocycles. The molecule has 2 aromatic heterocycles. The molecule has 0 fully saturated rings. The Bertz CT molecular complexity index is 1200. The maximum atomic E-state index is 12.9. The zero-order chi connectivity index (χ0) is 21.2. The van der Waals surface area contributed by atoms with Gasteiger partial charge in [-0.3, -0.25) is 23.7 Å². The van der Waals surface area contributed by atoms with Crippen molar-refractivity contribution in [3.05, 3.63) is 53.5 Å². The highest BCUT2D eigenvalue weighted by Gasteiger charge is 2.27. The van der Waals surface area contributed by atoms with Crippen LogP contribution in [-0.2, 0) is 6.54 Å². The topological polar surface area (TPSA) is 78.1 Å². The van der Waals surface area contributed by atoms with Crippen LogP contribution in [0.2, 0.25) is 0 Å². The van der Waals surface area contributed by atoms with Crippen LogP contribution in [-0.4, -0.2) is 66.9 Å². The SMILES string of the molecule is CC(n1c(=O)c2cc3c(=O)n(CC[N+](C)(C)C)c(=O)c3cc2c1=O)[N+](C)(C)C. The van der Waals surface area contributed by atoms with Gasteiger partial charge in [0.1, 0.15) is 0 Å². The molecule has 1 atom stereocenters. The van der Waals surface area contributed by atoms with Gasteiger partial charge in [-0.15, -0.1) is 0 Å². The number of hydrogen-bond donors (Lipinski definition) is 0. The summed E-state index contributed by atoms with van der Waals surface area (Å²) in [4.78, 5) is 51.4. The third-order valence-electron chi connectivity index (χ3n) is 5.50. The first kappa shape index (κ1) is 20.2. The number of likely N-dealkylation sites (N-methyl/N-ethyl adjacent to an activating group) is 1. The lowest BCUT2D eigenvalue weighted by molar-refractivity contribution is -0.910. The van der Waals surface area contributed by atoms with Crippen LogP contribution < -0.4 is 22.2 Å². The van der Waals surface area contributed by atoms with Gasteiger partial charge in [0.2, 0.25) is 0 Å². The molecule has 3 aromatic rings. The van der Waals surface area contributed by atoms with E-state index in [0.717, 1.165) is 0 Å². The summed E-state index contributed by atoms with van der Waals surface area (Å²) < 4.78 is 3.41. The smallest absolute Gasteiger partial charge is 0.266 e. The van der Waals surface area contributed by atoms with E-state index in [1.54, 1.807) is 6.92 Å². The number of fused-ring (bicyclic) bond motifs is 2. The van der Waals surface area contributed by atoms with E-state index in [9.17, 15) is 19.2 Å².